The lowest BCUT2D eigenvalue weighted by Gasteiger charge is -1.98. The van der Waals surface area contributed by atoms with Crippen LogP contribution in [-0.4, -0.2) is 9.78 Å². The van der Waals surface area contributed by atoms with Gasteiger partial charge in [0.2, 0.25) is 0 Å². The number of nitrogens with zero attached hydrogens (tertiary/aromatic N) is 2. The summed E-state index contributed by atoms with van der Waals surface area (Å²) in [5.74, 6) is -0.0262. The fraction of sp³-hybridized carbons (Fsp3) is 0.625. The van der Waals surface area contributed by atoms with Crippen LogP contribution in [-0.2, 0) is 13.4 Å². The first-order valence-electron chi connectivity index (χ1n) is 4.43. The third-order valence-electron chi connectivity index (χ3n) is 1.16. The summed E-state index contributed by atoms with van der Waals surface area (Å²) in [5.41, 5.74) is 0.653. The summed E-state index contributed by atoms with van der Waals surface area (Å²) in [6, 6.07) is 0. The van der Waals surface area contributed by atoms with Crippen LogP contribution < -0.4 is 0 Å². The highest BCUT2D eigenvalue weighted by Gasteiger charge is 1.98. The summed E-state index contributed by atoms with van der Waals surface area (Å²) in [5, 5.41) is 3.94. The van der Waals surface area contributed by atoms with Gasteiger partial charge in [-0.2, -0.15) is 5.10 Å². The molecule has 0 aliphatic rings. The number of aromatic nitrogens is 2. The van der Waals surface area contributed by atoms with Gasteiger partial charge in [-0.05, 0) is 17.9 Å². The molecular formula is C8H14N2. The molecule has 0 saturated heterocycles. The minimum atomic E-state index is -1.27. The van der Waals surface area contributed by atoms with Gasteiger partial charge in [0.25, 0.3) is 0 Å². The Morgan fingerprint density at radius 3 is 2.90 bits per heavy atom. The zero-order valence-electron chi connectivity index (χ0n) is 8.63. The highest BCUT2D eigenvalue weighted by atomic mass is 15.2. The summed E-state index contributed by atoms with van der Waals surface area (Å²) in [6.07, 6.45) is 2.04. The molecule has 0 unspecified atom stereocenters. The molecule has 0 aliphatic carbocycles. The molecule has 2 nitrogen and oxygen atoms in total. The van der Waals surface area contributed by atoms with Crippen molar-refractivity contribution in [2.75, 3.05) is 0 Å². The van der Waals surface area contributed by atoms with E-state index >= 15 is 0 Å². The van der Waals surface area contributed by atoms with Crippen LogP contribution in [0.15, 0.2) is 12.4 Å². The maximum absolute atomic E-state index is 7.75. The van der Waals surface area contributed by atoms with Crippen molar-refractivity contribution in [2.45, 2.75) is 20.2 Å². The minimum Gasteiger partial charge on any atom is -0.276 e. The van der Waals surface area contributed by atoms with Crippen molar-refractivity contribution in [2.24, 2.45) is 13.0 Å². The van der Waals surface area contributed by atoms with E-state index in [0.717, 1.165) is 0 Å². The lowest BCUT2D eigenvalue weighted by atomic mass is 10.1. The highest BCUT2D eigenvalue weighted by molar-refractivity contribution is 5.03. The predicted molar refractivity (Wildman–Crippen MR) is 41.8 cm³/mol. The molecule has 0 amide bonds. The van der Waals surface area contributed by atoms with E-state index in [4.69, 9.17) is 2.74 Å². The molecule has 0 aliphatic heterocycles. The summed E-state index contributed by atoms with van der Waals surface area (Å²) in [6.45, 7) is 3.74. The van der Waals surface area contributed by atoms with E-state index < -0.39 is 6.37 Å². The topological polar surface area (TPSA) is 17.8 Å². The van der Waals surface area contributed by atoms with Gasteiger partial charge < -0.3 is 0 Å². The largest absolute Gasteiger partial charge is 0.276 e. The molecule has 0 atom stereocenters. The fourth-order valence-corrected chi connectivity index (χ4v) is 0.829. The quantitative estimate of drug-likeness (QED) is 0.610. The molecule has 1 aromatic heterocycles. The van der Waals surface area contributed by atoms with E-state index in [-0.39, 0.29) is 5.92 Å². The third-order valence-corrected chi connectivity index (χ3v) is 1.16. The fourth-order valence-electron chi connectivity index (χ4n) is 0.829. The molecule has 0 fully saturated rings. The maximum Gasteiger partial charge on any atom is 0.0521 e. The van der Waals surface area contributed by atoms with Crippen molar-refractivity contribution in [3.05, 3.63) is 18.0 Å². The maximum atomic E-state index is 7.75. The van der Waals surface area contributed by atoms with Crippen molar-refractivity contribution >= 4 is 0 Å². The van der Waals surface area contributed by atoms with Gasteiger partial charge in [-0.1, -0.05) is 13.8 Å². The van der Waals surface area contributed by atoms with Crippen LogP contribution in [0.5, 0.6) is 0 Å². The van der Waals surface area contributed by atoms with Crippen LogP contribution in [0.25, 0.3) is 0 Å². The number of rotatable bonds is 2. The first-order chi connectivity index (χ1) is 5.44. The average Bonchev–Trinajstić information content (AvgIpc) is 2.35. The molecule has 0 saturated carbocycles. The first kappa shape index (κ1) is 4.94. The van der Waals surface area contributed by atoms with E-state index in [1.165, 1.54) is 0 Å². The van der Waals surface area contributed by atoms with Gasteiger partial charge in [0.05, 0.1) is 6.20 Å². The van der Waals surface area contributed by atoms with E-state index in [0.29, 0.717) is 5.56 Å². The predicted octanol–water partition coefficient (Wildman–Crippen LogP) is 1.62. The molecule has 0 bridgehead atoms. The molecule has 0 spiro atoms. The standard InChI is InChI=1S/C8H14N2/c1-7(2)4-8-5-9-10(3)6-8/h5-7H,4H2,1-3H3/i4D2. The van der Waals surface area contributed by atoms with Gasteiger partial charge in [-0.25, -0.2) is 0 Å². The summed E-state index contributed by atoms with van der Waals surface area (Å²) in [4.78, 5) is 0. The van der Waals surface area contributed by atoms with Gasteiger partial charge in [0.1, 0.15) is 0 Å². The smallest absolute Gasteiger partial charge is 0.0521 e. The first-order valence-corrected chi connectivity index (χ1v) is 3.43. The van der Waals surface area contributed by atoms with E-state index in [2.05, 4.69) is 5.10 Å². The Labute approximate surface area is 64.7 Å². The summed E-state index contributed by atoms with van der Waals surface area (Å²) in [7, 11) is 1.79. The van der Waals surface area contributed by atoms with Crippen LogP contribution in [0.4, 0.5) is 0 Å². The monoisotopic (exact) mass is 140 g/mol. The molecule has 1 aromatic rings. The Hall–Kier alpha value is -0.790. The molecule has 0 N–H and O–H groups in total. The normalized spacial score (nSPS) is 15.2. The second-order valence-electron chi connectivity index (χ2n) is 2.70. The van der Waals surface area contributed by atoms with Crippen molar-refractivity contribution < 1.29 is 2.74 Å². The molecular weight excluding hydrogens is 124 g/mol. The van der Waals surface area contributed by atoms with Crippen LogP contribution in [0, 0.1) is 5.92 Å². The summed E-state index contributed by atoms with van der Waals surface area (Å²) >= 11 is 0. The highest BCUT2D eigenvalue weighted by Crippen LogP contribution is 2.05. The SMILES string of the molecule is [2H]C([2H])(c1cnn(C)c1)C(C)C. The average molecular weight is 140 g/mol. The molecule has 10 heavy (non-hydrogen) atoms. The molecule has 1 rings (SSSR count). The summed E-state index contributed by atoms with van der Waals surface area (Å²) < 4.78 is 17.1. The van der Waals surface area contributed by atoms with Crippen molar-refractivity contribution in [1.82, 2.24) is 9.78 Å². The number of aryl methyl sites for hydroxylation is 1. The van der Waals surface area contributed by atoms with Gasteiger partial charge >= 0.3 is 0 Å². The Bertz CT molecular complexity index is 266. The van der Waals surface area contributed by atoms with Gasteiger partial charge in [-0.3, -0.25) is 4.68 Å². The van der Waals surface area contributed by atoms with Gasteiger partial charge in [0, 0.05) is 16.0 Å². The van der Waals surface area contributed by atoms with Crippen molar-refractivity contribution in [3.8, 4) is 0 Å². The van der Waals surface area contributed by atoms with Gasteiger partial charge in [0.15, 0.2) is 0 Å². The Morgan fingerprint density at radius 1 is 1.80 bits per heavy atom. The van der Waals surface area contributed by atoms with Crippen molar-refractivity contribution in [3.63, 3.8) is 0 Å². The third kappa shape index (κ3) is 1.87. The van der Waals surface area contributed by atoms with Crippen molar-refractivity contribution in [1.29, 1.82) is 0 Å². The zero-order chi connectivity index (χ0) is 9.35. The lowest BCUT2D eigenvalue weighted by Crippen LogP contribution is -1.91. The molecule has 56 valence electrons. The molecule has 2 heteroatoms. The molecule has 1 heterocycles. The van der Waals surface area contributed by atoms with E-state index in [9.17, 15) is 0 Å². The Balaban J connectivity index is 2.97. The van der Waals surface area contributed by atoms with Crippen LogP contribution >= 0.6 is 0 Å². The lowest BCUT2D eigenvalue weighted by molar-refractivity contribution is 0.646. The van der Waals surface area contributed by atoms with E-state index in [1.807, 2.05) is 13.8 Å². The second-order valence-corrected chi connectivity index (χ2v) is 2.70. The van der Waals surface area contributed by atoms with Gasteiger partial charge in [-0.15, -0.1) is 0 Å². The number of hydrogen-bond acceptors (Lipinski definition) is 1. The Kier molecular flexibility index (Phi) is 1.41. The van der Waals surface area contributed by atoms with Crippen LogP contribution in [0.3, 0.4) is 0 Å². The Morgan fingerprint density at radius 2 is 2.50 bits per heavy atom. The second kappa shape index (κ2) is 2.86. The number of hydrogen-bond donors (Lipinski definition) is 0. The minimum absolute atomic E-state index is 0.0262. The molecule has 0 radical (unpaired) electrons. The van der Waals surface area contributed by atoms with Crippen LogP contribution in [0.1, 0.15) is 22.2 Å². The molecule has 0 aromatic carbocycles. The van der Waals surface area contributed by atoms with E-state index in [1.54, 1.807) is 24.1 Å². The zero-order valence-corrected chi connectivity index (χ0v) is 6.63. The van der Waals surface area contributed by atoms with Crippen LogP contribution in [0.2, 0.25) is 0 Å².